The van der Waals surface area contributed by atoms with Gasteiger partial charge in [0.1, 0.15) is 11.5 Å². The van der Waals surface area contributed by atoms with Crippen LogP contribution in [-0.2, 0) is 10.0 Å². The number of ether oxygens (including phenoxy) is 2. The third kappa shape index (κ3) is 4.55. The Morgan fingerprint density at radius 2 is 1.54 bits per heavy atom. The highest BCUT2D eigenvalue weighted by atomic mass is 32.2. The van der Waals surface area contributed by atoms with Crippen LogP contribution in [0.5, 0.6) is 11.5 Å². The number of hydrogen-bond acceptors (Lipinski definition) is 5. The molecule has 3 aromatic carbocycles. The minimum Gasteiger partial charge on any atom is -0.497 e. The molecule has 3 rings (SSSR count). The minimum absolute atomic E-state index is 0.232. The maximum Gasteiger partial charge on any atom is 0.261 e. The molecule has 0 heterocycles. The molecular formula is C21H22N2O4S. The molecule has 6 nitrogen and oxygen atoms in total. The van der Waals surface area contributed by atoms with Crippen molar-refractivity contribution in [1.29, 1.82) is 0 Å². The van der Waals surface area contributed by atoms with E-state index in [4.69, 9.17) is 9.47 Å². The first-order chi connectivity index (χ1) is 13.4. The lowest BCUT2D eigenvalue weighted by atomic mass is 10.2. The smallest absolute Gasteiger partial charge is 0.261 e. The molecule has 0 spiro atoms. The molecule has 0 fully saturated rings. The Labute approximate surface area is 165 Å². The van der Waals surface area contributed by atoms with Crippen LogP contribution in [0, 0.1) is 6.92 Å². The third-order valence-corrected chi connectivity index (χ3v) is 5.50. The molecule has 0 aliphatic rings. The van der Waals surface area contributed by atoms with Crippen LogP contribution >= 0.6 is 0 Å². The molecule has 146 valence electrons. The molecule has 0 bridgehead atoms. The summed E-state index contributed by atoms with van der Waals surface area (Å²) in [6.07, 6.45) is 0. The first-order valence-electron chi connectivity index (χ1n) is 8.60. The Kier molecular flexibility index (Phi) is 5.75. The van der Waals surface area contributed by atoms with E-state index < -0.39 is 10.0 Å². The fourth-order valence-corrected chi connectivity index (χ4v) is 3.85. The second-order valence-corrected chi connectivity index (χ2v) is 7.87. The number of anilines is 3. The number of hydrogen-bond donors (Lipinski definition) is 2. The van der Waals surface area contributed by atoms with Crippen molar-refractivity contribution in [2.45, 2.75) is 11.8 Å². The lowest BCUT2D eigenvalue weighted by molar-refractivity contribution is 0.405. The molecule has 3 aromatic rings. The van der Waals surface area contributed by atoms with Crippen molar-refractivity contribution >= 4 is 27.1 Å². The first kappa shape index (κ1) is 19.6. The predicted molar refractivity (Wildman–Crippen MR) is 111 cm³/mol. The van der Waals surface area contributed by atoms with Crippen molar-refractivity contribution in [2.24, 2.45) is 0 Å². The van der Waals surface area contributed by atoms with Crippen molar-refractivity contribution in [3.63, 3.8) is 0 Å². The normalized spacial score (nSPS) is 11.0. The van der Waals surface area contributed by atoms with Crippen molar-refractivity contribution < 1.29 is 17.9 Å². The summed E-state index contributed by atoms with van der Waals surface area (Å²) in [7, 11) is -0.443. The predicted octanol–water partition coefficient (Wildman–Crippen LogP) is 4.56. The van der Waals surface area contributed by atoms with Crippen molar-refractivity contribution in [1.82, 2.24) is 0 Å². The molecule has 0 aliphatic heterocycles. The molecule has 2 N–H and O–H groups in total. The molecule has 0 aliphatic carbocycles. The minimum atomic E-state index is -3.63. The standard InChI is InChI=1S/C21H22N2O4S/c1-15-5-4-6-19(13-15)28(24,25)23-17-9-7-16(8-10-17)22-20-14-18(26-2)11-12-21(20)27-3/h4-14,22-23H,1-3H3. The lowest BCUT2D eigenvalue weighted by Crippen LogP contribution is -2.13. The highest BCUT2D eigenvalue weighted by Gasteiger charge is 2.14. The van der Waals surface area contributed by atoms with E-state index >= 15 is 0 Å². The maximum atomic E-state index is 12.5. The van der Waals surface area contributed by atoms with E-state index in [9.17, 15) is 8.42 Å². The quantitative estimate of drug-likeness (QED) is 0.610. The molecule has 0 amide bonds. The number of aryl methyl sites for hydroxylation is 1. The van der Waals surface area contributed by atoms with Gasteiger partial charge < -0.3 is 14.8 Å². The number of rotatable bonds is 7. The van der Waals surface area contributed by atoms with Gasteiger partial charge in [-0.15, -0.1) is 0 Å². The molecule has 7 heteroatoms. The van der Waals surface area contributed by atoms with Crippen LogP contribution in [0.2, 0.25) is 0 Å². The van der Waals surface area contributed by atoms with Crippen molar-refractivity contribution in [2.75, 3.05) is 24.3 Å². The second kappa shape index (κ2) is 8.22. The highest BCUT2D eigenvalue weighted by molar-refractivity contribution is 7.92. The molecule has 0 saturated carbocycles. The van der Waals surface area contributed by atoms with Gasteiger partial charge in [-0.3, -0.25) is 4.72 Å². The number of benzene rings is 3. The monoisotopic (exact) mass is 398 g/mol. The zero-order chi connectivity index (χ0) is 20.1. The Hall–Kier alpha value is -3.19. The summed E-state index contributed by atoms with van der Waals surface area (Å²) in [5.74, 6) is 1.37. The summed E-state index contributed by atoms with van der Waals surface area (Å²) in [5, 5.41) is 3.25. The first-order valence-corrected chi connectivity index (χ1v) is 10.1. The van der Waals surface area contributed by atoms with E-state index in [1.807, 2.05) is 31.2 Å². The van der Waals surface area contributed by atoms with E-state index in [1.165, 1.54) is 0 Å². The molecule has 0 radical (unpaired) electrons. The summed E-state index contributed by atoms with van der Waals surface area (Å²) in [6, 6.07) is 19.2. The average molecular weight is 398 g/mol. The molecule has 28 heavy (non-hydrogen) atoms. The van der Waals surface area contributed by atoms with Gasteiger partial charge in [-0.05, 0) is 61.0 Å². The van der Waals surface area contributed by atoms with Crippen LogP contribution < -0.4 is 19.5 Å². The lowest BCUT2D eigenvalue weighted by Gasteiger charge is -2.13. The molecule has 0 unspecified atom stereocenters. The Morgan fingerprint density at radius 1 is 0.821 bits per heavy atom. The van der Waals surface area contributed by atoms with Crippen LogP contribution in [0.1, 0.15) is 5.56 Å². The largest absolute Gasteiger partial charge is 0.497 e. The van der Waals surface area contributed by atoms with Gasteiger partial charge in [0.25, 0.3) is 10.0 Å². The number of nitrogens with one attached hydrogen (secondary N) is 2. The second-order valence-electron chi connectivity index (χ2n) is 6.19. The summed E-state index contributed by atoms with van der Waals surface area (Å²) in [5.41, 5.74) is 2.89. The molecular weight excluding hydrogens is 376 g/mol. The van der Waals surface area contributed by atoms with E-state index in [-0.39, 0.29) is 4.90 Å². The third-order valence-electron chi connectivity index (χ3n) is 4.12. The Balaban J connectivity index is 1.77. The summed E-state index contributed by atoms with van der Waals surface area (Å²) in [6.45, 7) is 1.85. The zero-order valence-corrected chi connectivity index (χ0v) is 16.7. The van der Waals surface area contributed by atoms with Gasteiger partial charge in [0.05, 0.1) is 24.8 Å². The number of methoxy groups -OCH3 is 2. The van der Waals surface area contributed by atoms with Crippen molar-refractivity contribution in [3.05, 3.63) is 72.3 Å². The van der Waals surface area contributed by atoms with Gasteiger partial charge in [0.2, 0.25) is 0 Å². The van der Waals surface area contributed by atoms with Gasteiger partial charge in [-0.2, -0.15) is 0 Å². The zero-order valence-electron chi connectivity index (χ0n) is 15.9. The molecule has 0 saturated heterocycles. The average Bonchev–Trinajstić information content (AvgIpc) is 2.69. The van der Waals surface area contributed by atoms with Crippen LogP contribution in [0.25, 0.3) is 0 Å². The fraction of sp³-hybridized carbons (Fsp3) is 0.143. The Bertz CT molecular complexity index is 1060. The summed E-state index contributed by atoms with van der Waals surface area (Å²) in [4.78, 5) is 0.232. The van der Waals surface area contributed by atoms with Crippen LogP contribution in [0.4, 0.5) is 17.1 Å². The topological polar surface area (TPSA) is 76.7 Å². The van der Waals surface area contributed by atoms with Gasteiger partial charge >= 0.3 is 0 Å². The van der Waals surface area contributed by atoms with Gasteiger partial charge in [-0.25, -0.2) is 8.42 Å². The fourth-order valence-electron chi connectivity index (χ4n) is 2.69. The molecule has 0 atom stereocenters. The van der Waals surface area contributed by atoms with Crippen LogP contribution in [0.3, 0.4) is 0 Å². The van der Waals surface area contributed by atoms with Gasteiger partial charge in [0.15, 0.2) is 0 Å². The SMILES string of the molecule is COc1ccc(OC)c(Nc2ccc(NS(=O)(=O)c3cccc(C)c3)cc2)c1. The van der Waals surface area contributed by atoms with Crippen LogP contribution in [0.15, 0.2) is 71.6 Å². The van der Waals surface area contributed by atoms with E-state index in [0.717, 1.165) is 16.9 Å². The van der Waals surface area contributed by atoms with Crippen LogP contribution in [-0.4, -0.2) is 22.6 Å². The summed E-state index contributed by atoms with van der Waals surface area (Å²) >= 11 is 0. The number of sulfonamides is 1. The van der Waals surface area contributed by atoms with E-state index in [0.29, 0.717) is 17.2 Å². The summed E-state index contributed by atoms with van der Waals surface area (Å²) < 4.78 is 38.2. The van der Waals surface area contributed by atoms with E-state index in [2.05, 4.69) is 10.0 Å². The van der Waals surface area contributed by atoms with Gasteiger partial charge in [0, 0.05) is 17.4 Å². The maximum absolute atomic E-state index is 12.5. The Morgan fingerprint density at radius 3 is 2.18 bits per heavy atom. The molecule has 0 aromatic heterocycles. The van der Waals surface area contributed by atoms with Crippen molar-refractivity contribution in [3.8, 4) is 11.5 Å². The van der Waals surface area contributed by atoms with E-state index in [1.54, 1.807) is 56.7 Å². The highest BCUT2D eigenvalue weighted by Crippen LogP contribution is 2.32. The van der Waals surface area contributed by atoms with Gasteiger partial charge in [-0.1, -0.05) is 12.1 Å².